The number of halogens is 1. The van der Waals surface area contributed by atoms with Gasteiger partial charge >= 0.3 is 0 Å². The van der Waals surface area contributed by atoms with Crippen LogP contribution in [0.1, 0.15) is 0 Å². The molecular formula is C14H21FN2O2. The van der Waals surface area contributed by atoms with Gasteiger partial charge in [0.2, 0.25) is 0 Å². The highest BCUT2D eigenvalue weighted by Crippen LogP contribution is 2.15. The number of likely N-dealkylation sites (N-methyl/N-ethyl adjacent to an activating group) is 1. The third-order valence-electron chi connectivity index (χ3n) is 3.33. The summed E-state index contributed by atoms with van der Waals surface area (Å²) in [6.45, 7) is 4.62. The molecule has 2 rings (SSSR count). The first-order valence-electron chi connectivity index (χ1n) is 6.61. The Morgan fingerprint density at radius 1 is 1.26 bits per heavy atom. The minimum atomic E-state index is -0.594. The lowest BCUT2D eigenvalue weighted by molar-refractivity contribution is 0.0495. The fourth-order valence-electron chi connectivity index (χ4n) is 2.13. The second kappa shape index (κ2) is 6.84. The van der Waals surface area contributed by atoms with Crippen molar-refractivity contribution in [1.29, 1.82) is 0 Å². The van der Waals surface area contributed by atoms with Crippen molar-refractivity contribution in [3.63, 3.8) is 0 Å². The molecule has 1 aromatic carbocycles. The average molecular weight is 268 g/mol. The fraction of sp³-hybridized carbons (Fsp3) is 0.571. The van der Waals surface area contributed by atoms with E-state index in [9.17, 15) is 9.50 Å². The van der Waals surface area contributed by atoms with Gasteiger partial charge in [-0.2, -0.15) is 0 Å². The summed E-state index contributed by atoms with van der Waals surface area (Å²) in [5.74, 6) is -0.200. The molecule has 0 radical (unpaired) electrons. The summed E-state index contributed by atoms with van der Waals surface area (Å²) in [5.41, 5.74) is 0. The van der Waals surface area contributed by atoms with Crippen LogP contribution in [-0.2, 0) is 0 Å². The van der Waals surface area contributed by atoms with Crippen molar-refractivity contribution in [3.8, 4) is 5.75 Å². The molecule has 1 aliphatic heterocycles. The highest BCUT2D eigenvalue weighted by molar-refractivity contribution is 5.23. The summed E-state index contributed by atoms with van der Waals surface area (Å²) >= 11 is 0. The first-order chi connectivity index (χ1) is 9.15. The number of rotatable bonds is 5. The van der Waals surface area contributed by atoms with E-state index in [-0.39, 0.29) is 12.4 Å². The molecule has 0 amide bonds. The second-order valence-electron chi connectivity index (χ2n) is 5.00. The maximum Gasteiger partial charge on any atom is 0.165 e. The van der Waals surface area contributed by atoms with Gasteiger partial charge in [0.15, 0.2) is 11.6 Å². The molecule has 0 saturated carbocycles. The van der Waals surface area contributed by atoms with E-state index in [1.165, 1.54) is 6.07 Å². The molecule has 0 bridgehead atoms. The van der Waals surface area contributed by atoms with Crippen LogP contribution in [0.2, 0.25) is 0 Å². The molecule has 1 aliphatic rings. The molecule has 1 aromatic rings. The lowest BCUT2D eigenvalue weighted by atomic mass is 10.2. The van der Waals surface area contributed by atoms with Crippen molar-refractivity contribution in [3.05, 3.63) is 30.1 Å². The van der Waals surface area contributed by atoms with Crippen LogP contribution in [0.3, 0.4) is 0 Å². The normalized spacial score (nSPS) is 19.3. The van der Waals surface area contributed by atoms with Crippen molar-refractivity contribution in [2.24, 2.45) is 0 Å². The molecule has 1 saturated heterocycles. The summed E-state index contributed by atoms with van der Waals surface area (Å²) in [4.78, 5) is 4.47. The molecule has 0 unspecified atom stereocenters. The van der Waals surface area contributed by atoms with Gasteiger partial charge in [-0.25, -0.2) is 4.39 Å². The highest BCUT2D eigenvalue weighted by Gasteiger charge is 2.17. The number of benzene rings is 1. The number of para-hydroxylation sites is 1. The molecular weight excluding hydrogens is 247 g/mol. The predicted molar refractivity (Wildman–Crippen MR) is 71.8 cm³/mol. The minimum absolute atomic E-state index is 0.118. The number of aliphatic hydroxyl groups excluding tert-OH is 1. The Labute approximate surface area is 113 Å². The summed E-state index contributed by atoms with van der Waals surface area (Å²) in [5, 5.41) is 9.92. The lowest BCUT2D eigenvalue weighted by Crippen LogP contribution is -2.47. The SMILES string of the molecule is CN1CCN(C[C@@H](O)COc2ccccc2F)CC1. The smallest absolute Gasteiger partial charge is 0.165 e. The number of β-amino-alcohol motifs (C(OH)–C–C–N with tert-alkyl or cyclic N) is 1. The molecule has 5 heteroatoms. The Morgan fingerprint density at radius 3 is 2.63 bits per heavy atom. The average Bonchev–Trinajstić information content (AvgIpc) is 2.40. The molecule has 0 aliphatic carbocycles. The number of piperazine rings is 1. The molecule has 19 heavy (non-hydrogen) atoms. The third kappa shape index (κ3) is 4.45. The summed E-state index contributed by atoms with van der Waals surface area (Å²) in [7, 11) is 2.09. The van der Waals surface area contributed by atoms with E-state index in [1.54, 1.807) is 18.2 Å². The molecule has 4 nitrogen and oxygen atoms in total. The van der Waals surface area contributed by atoms with Crippen molar-refractivity contribution >= 4 is 0 Å². The van der Waals surface area contributed by atoms with E-state index in [1.807, 2.05) is 0 Å². The fourth-order valence-corrected chi connectivity index (χ4v) is 2.13. The van der Waals surface area contributed by atoms with Crippen molar-refractivity contribution < 1.29 is 14.2 Å². The van der Waals surface area contributed by atoms with Crippen LogP contribution in [0.15, 0.2) is 24.3 Å². The van der Waals surface area contributed by atoms with Gasteiger partial charge in [0.05, 0.1) is 0 Å². The molecule has 1 atom stereocenters. The van der Waals surface area contributed by atoms with E-state index in [4.69, 9.17) is 4.74 Å². The van der Waals surface area contributed by atoms with Crippen molar-refractivity contribution in [2.45, 2.75) is 6.10 Å². The van der Waals surface area contributed by atoms with Gasteiger partial charge < -0.3 is 14.7 Å². The third-order valence-corrected chi connectivity index (χ3v) is 3.33. The van der Waals surface area contributed by atoms with Crippen LogP contribution in [0.5, 0.6) is 5.75 Å². The first-order valence-corrected chi connectivity index (χ1v) is 6.61. The maximum atomic E-state index is 13.3. The number of hydrogen-bond acceptors (Lipinski definition) is 4. The number of hydrogen-bond donors (Lipinski definition) is 1. The molecule has 106 valence electrons. The lowest BCUT2D eigenvalue weighted by Gasteiger charge is -2.33. The predicted octanol–water partition coefficient (Wildman–Crippen LogP) is 0.813. The van der Waals surface area contributed by atoms with Crippen LogP contribution in [0.4, 0.5) is 4.39 Å². The van der Waals surface area contributed by atoms with Gasteiger partial charge in [-0.3, -0.25) is 4.90 Å². The van der Waals surface area contributed by atoms with Gasteiger partial charge in [0.1, 0.15) is 12.7 Å². The molecule has 0 aromatic heterocycles. The van der Waals surface area contributed by atoms with E-state index < -0.39 is 11.9 Å². The molecule has 1 heterocycles. The molecule has 1 N–H and O–H groups in total. The molecule has 0 spiro atoms. The second-order valence-corrected chi connectivity index (χ2v) is 5.00. The van der Waals surface area contributed by atoms with Crippen LogP contribution in [-0.4, -0.2) is 67.4 Å². The van der Waals surface area contributed by atoms with Crippen LogP contribution >= 0.6 is 0 Å². The van der Waals surface area contributed by atoms with E-state index in [0.717, 1.165) is 26.2 Å². The number of ether oxygens (including phenoxy) is 1. The van der Waals surface area contributed by atoms with Gasteiger partial charge in [-0.1, -0.05) is 12.1 Å². The van der Waals surface area contributed by atoms with Gasteiger partial charge in [-0.15, -0.1) is 0 Å². The zero-order valence-electron chi connectivity index (χ0n) is 11.3. The summed E-state index contributed by atoms with van der Waals surface area (Å²) in [6.07, 6.45) is -0.594. The van der Waals surface area contributed by atoms with Crippen LogP contribution < -0.4 is 4.74 Å². The number of nitrogens with zero attached hydrogens (tertiary/aromatic N) is 2. The maximum absolute atomic E-state index is 13.3. The topological polar surface area (TPSA) is 35.9 Å². The Balaban J connectivity index is 1.73. The van der Waals surface area contributed by atoms with Crippen LogP contribution in [0.25, 0.3) is 0 Å². The minimum Gasteiger partial charge on any atom is -0.488 e. The standard InChI is InChI=1S/C14H21FN2O2/c1-16-6-8-17(9-7-16)10-12(18)11-19-14-5-3-2-4-13(14)15/h2-5,12,18H,6-11H2,1H3/t12-/m1/s1. The Bertz CT molecular complexity index is 395. The zero-order valence-corrected chi connectivity index (χ0v) is 11.3. The van der Waals surface area contributed by atoms with Gasteiger partial charge in [0.25, 0.3) is 0 Å². The van der Waals surface area contributed by atoms with E-state index in [2.05, 4.69) is 16.8 Å². The van der Waals surface area contributed by atoms with Crippen molar-refractivity contribution in [2.75, 3.05) is 46.4 Å². The quantitative estimate of drug-likeness (QED) is 0.857. The first kappa shape index (κ1) is 14.2. The Kier molecular flexibility index (Phi) is 5.13. The Hall–Kier alpha value is -1.17. The zero-order chi connectivity index (χ0) is 13.7. The largest absolute Gasteiger partial charge is 0.488 e. The number of aliphatic hydroxyl groups is 1. The van der Waals surface area contributed by atoms with Crippen molar-refractivity contribution in [1.82, 2.24) is 9.80 Å². The summed E-state index contributed by atoms with van der Waals surface area (Å²) in [6, 6.07) is 6.24. The van der Waals surface area contributed by atoms with Gasteiger partial charge in [0, 0.05) is 32.7 Å². The molecule has 1 fully saturated rings. The Morgan fingerprint density at radius 2 is 1.95 bits per heavy atom. The van der Waals surface area contributed by atoms with Crippen LogP contribution in [0, 0.1) is 5.82 Å². The highest BCUT2D eigenvalue weighted by atomic mass is 19.1. The van der Waals surface area contributed by atoms with E-state index in [0.29, 0.717) is 6.54 Å². The monoisotopic (exact) mass is 268 g/mol. The van der Waals surface area contributed by atoms with Gasteiger partial charge in [-0.05, 0) is 19.2 Å². The summed E-state index contributed by atoms with van der Waals surface area (Å²) < 4.78 is 18.6. The van der Waals surface area contributed by atoms with E-state index >= 15 is 0 Å².